The van der Waals surface area contributed by atoms with Gasteiger partial charge in [-0.3, -0.25) is 0 Å². The number of aliphatic hydroxyl groups is 1. The number of nitrogens with zero attached hydrogens (tertiary/aromatic N) is 1. The van der Waals surface area contributed by atoms with Gasteiger partial charge in [0, 0.05) is 19.1 Å². The van der Waals surface area contributed by atoms with Crippen LogP contribution in [0.3, 0.4) is 0 Å². The predicted octanol–water partition coefficient (Wildman–Crippen LogP) is 2.11. The van der Waals surface area contributed by atoms with Crippen LogP contribution in [0, 0.1) is 0 Å². The first kappa shape index (κ1) is 17.8. The molecule has 1 aromatic carbocycles. The maximum atomic E-state index is 12.1. The molecule has 3 N–H and O–H groups in total. The molecule has 0 radical (unpaired) electrons. The van der Waals surface area contributed by atoms with Crippen LogP contribution in [0.5, 0.6) is 0 Å². The van der Waals surface area contributed by atoms with Crippen LogP contribution < -0.4 is 10.6 Å². The van der Waals surface area contributed by atoms with Gasteiger partial charge in [0.1, 0.15) is 0 Å². The lowest BCUT2D eigenvalue weighted by molar-refractivity contribution is 0.0939. The average Bonchev–Trinajstić information content (AvgIpc) is 2.50. The summed E-state index contributed by atoms with van der Waals surface area (Å²) in [5, 5.41) is 15.8. The Hall–Kier alpha value is -1.59. The molecule has 0 spiro atoms. The molecule has 1 fully saturated rings. The standard InChI is InChI=1S/C18H29N3O2/c1-14(12-21(2)13-15-8-4-3-5-9-15)19-18(23)20-16-10-6-7-11-17(16)22/h3-5,8-9,14,16-17,22H,6-7,10-13H2,1-2H3,(H2,19,20,23). The van der Waals surface area contributed by atoms with Crippen LogP contribution in [0.1, 0.15) is 38.2 Å². The third-order valence-corrected chi connectivity index (χ3v) is 4.30. The Morgan fingerprint density at radius 1 is 1.30 bits per heavy atom. The molecule has 5 nitrogen and oxygen atoms in total. The van der Waals surface area contributed by atoms with Gasteiger partial charge >= 0.3 is 6.03 Å². The number of carbonyl (C=O) groups is 1. The van der Waals surface area contributed by atoms with E-state index in [0.29, 0.717) is 0 Å². The highest BCUT2D eigenvalue weighted by molar-refractivity contribution is 5.74. The minimum Gasteiger partial charge on any atom is -0.391 e. The molecule has 0 aromatic heterocycles. The van der Waals surface area contributed by atoms with E-state index in [9.17, 15) is 9.90 Å². The van der Waals surface area contributed by atoms with Crippen molar-refractivity contribution in [3.63, 3.8) is 0 Å². The van der Waals surface area contributed by atoms with Crippen LogP contribution in [0.4, 0.5) is 4.79 Å². The molecule has 3 atom stereocenters. The second-order valence-electron chi connectivity index (χ2n) is 6.66. The van der Waals surface area contributed by atoms with Crippen molar-refractivity contribution in [1.29, 1.82) is 0 Å². The number of urea groups is 1. The molecule has 1 aliphatic carbocycles. The highest BCUT2D eigenvalue weighted by atomic mass is 16.3. The van der Waals surface area contributed by atoms with Crippen LogP contribution in [-0.2, 0) is 6.54 Å². The van der Waals surface area contributed by atoms with E-state index in [4.69, 9.17) is 0 Å². The number of aliphatic hydroxyl groups excluding tert-OH is 1. The maximum absolute atomic E-state index is 12.1. The Bertz CT molecular complexity index is 480. The summed E-state index contributed by atoms with van der Waals surface area (Å²) in [5.74, 6) is 0. The quantitative estimate of drug-likeness (QED) is 0.752. The van der Waals surface area contributed by atoms with Crippen LogP contribution >= 0.6 is 0 Å². The summed E-state index contributed by atoms with van der Waals surface area (Å²) >= 11 is 0. The molecule has 1 aromatic rings. The summed E-state index contributed by atoms with van der Waals surface area (Å²) in [5.41, 5.74) is 1.26. The minimum absolute atomic E-state index is 0.0458. The van der Waals surface area contributed by atoms with E-state index in [2.05, 4.69) is 27.7 Å². The number of benzene rings is 1. The first-order valence-corrected chi connectivity index (χ1v) is 8.52. The minimum atomic E-state index is -0.412. The van der Waals surface area contributed by atoms with E-state index in [1.807, 2.05) is 32.2 Å². The molecule has 0 bridgehead atoms. The van der Waals surface area contributed by atoms with Crippen LogP contribution in [0.15, 0.2) is 30.3 Å². The van der Waals surface area contributed by atoms with E-state index in [1.165, 1.54) is 5.56 Å². The first-order chi connectivity index (χ1) is 11.0. The van der Waals surface area contributed by atoms with Gasteiger partial charge in [-0.15, -0.1) is 0 Å². The molecule has 2 amide bonds. The van der Waals surface area contributed by atoms with Gasteiger partial charge in [0.15, 0.2) is 0 Å². The molecule has 1 aliphatic rings. The van der Waals surface area contributed by atoms with Crippen molar-refractivity contribution in [2.75, 3.05) is 13.6 Å². The van der Waals surface area contributed by atoms with E-state index in [-0.39, 0.29) is 18.1 Å². The average molecular weight is 319 g/mol. The third-order valence-electron chi connectivity index (χ3n) is 4.30. The number of hydrogen-bond donors (Lipinski definition) is 3. The fourth-order valence-corrected chi connectivity index (χ4v) is 3.19. The zero-order chi connectivity index (χ0) is 16.7. The number of carbonyl (C=O) groups excluding carboxylic acids is 1. The van der Waals surface area contributed by atoms with Crippen molar-refractivity contribution in [2.45, 2.75) is 57.3 Å². The van der Waals surface area contributed by atoms with Crippen molar-refractivity contribution in [1.82, 2.24) is 15.5 Å². The van der Waals surface area contributed by atoms with Gasteiger partial charge in [-0.2, -0.15) is 0 Å². The highest BCUT2D eigenvalue weighted by Gasteiger charge is 2.24. The van der Waals surface area contributed by atoms with E-state index >= 15 is 0 Å². The molecule has 0 aliphatic heterocycles. The number of amides is 2. The summed E-state index contributed by atoms with van der Waals surface area (Å²) in [6, 6.07) is 10.0. The van der Waals surface area contributed by atoms with E-state index < -0.39 is 6.10 Å². The Balaban J connectivity index is 1.70. The molecule has 5 heteroatoms. The number of nitrogens with one attached hydrogen (secondary N) is 2. The zero-order valence-corrected chi connectivity index (χ0v) is 14.2. The predicted molar refractivity (Wildman–Crippen MR) is 92.2 cm³/mol. The van der Waals surface area contributed by atoms with Crippen molar-refractivity contribution < 1.29 is 9.90 Å². The summed E-state index contributed by atoms with van der Waals surface area (Å²) in [4.78, 5) is 14.2. The summed E-state index contributed by atoms with van der Waals surface area (Å²) in [6.07, 6.45) is 3.33. The first-order valence-electron chi connectivity index (χ1n) is 8.52. The Labute approximate surface area is 139 Å². The highest BCUT2D eigenvalue weighted by Crippen LogP contribution is 2.18. The second kappa shape index (κ2) is 8.89. The SMILES string of the molecule is CC(CN(C)Cc1ccccc1)NC(=O)NC1CCCCC1O. The summed E-state index contributed by atoms with van der Waals surface area (Å²) in [6.45, 7) is 3.63. The normalized spacial score (nSPS) is 22.6. The second-order valence-corrected chi connectivity index (χ2v) is 6.66. The van der Waals surface area contributed by atoms with Gasteiger partial charge in [0.25, 0.3) is 0 Å². The number of rotatable bonds is 6. The third kappa shape index (κ3) is 6.20. The van der Waals surface area contributed by atoms with Gasteiger partial charge < -0.3 is 20.6 Å². The molecule has 1 saturated carbocycles. The van der Waals surface area contributed by atoms with E-state index in [1.54, 1.807) is 0 Å². The topological polar surface area (TPSA) is 64.6 Å². The molecule has 0 heterocycles. The zero-order valence-electron chi connectivity index (χ0n) is 14.2. The van der Waals surface area contributed by atoms with Crippen molar-refractivity contribution in [2.24, 2.45) is 0 Å². The fraction of sp³-hybridized carbons (Fsp3) is 0.611. The van der Waals surface area contributed by atoms with Gasteiger partial charge in [-0.1, -0.05) is 43.2 Å². The van der Waals surface area contributed by atoms with Gasteiger partial charge in [-0.05, 0) is 32.4 Å². The van der Waals surface area contributed by atoms with Gasteiger partial charge in [0.2, 0.25) is 0 Å². The summed E-state index contributed by atoms with van der Waals surface area (Å²) < 4.78 is 0. The molecule has 23 heavy (non-hydrogen) atoms. The molecular weight excluding hydrogens is 290 g/mol. The fourth-order valence-electron chi connectivity index (χ4n) is 3.19. The molecule has 2 rings (SSSR count). The molecular formula is C18H29N3O2. The Kier molecular flexibility index (Phi) is 6.86. The monoisotopic (exact) mass is 319 g/mol. The van der Waals surface area contributed by atoms with Crippen LogP contribution in [-0.4, -0.2) is 47.8 Å². The van der Waals surface area contributed by atoms with Gasteiger partial charge in [-0.25, -0.2) is 4.79 Å². The van der Waals surface area contributed by atoms with E-state index in [0.717, 1.165) is 38.8 Å². The van der Waals surface area contributed by atoms with Gasteiger partial charge in [0.05, 0.1) is 12.1 Å². The molecule has 0 saturated heterocycles. The number of hydrogen-bond acceptors (Lipinski definition) is 3. The Morgan fingerprint density at radius 3 is 2.70 bits per heavy atom. The van der Waals surface area contributed by atoms with Crippen LogP contribution in [0.25, 0.3) is 0 Å². The smallest absolute Gasteiger partial charge is 0.315 e. The van der Waals surface area contributed by atoms with Crippen molar-refractivity contribution >= 4 is 6.03 Å². The lowest BCUT2D eigenvalue weighted by atomic mass is 9.93. The van der Waals surface area contributed by atoms with Crippen molar-refractivity contribution in [3.8, 4) is 0 Å². The molecule has 3 unspecified atom stereocenters. The van der Waals surface area contributed by atoms with Crippen LogP contribution in [0.2, 0.25) is 0 Å². The lowest BCUT2D eigenvalue weighted by Crippen LogP contribution is -2.52. The molecule has 128 valence electrons. The summed E-state index contributed by atoms with van der Waals surface area (Å²) in [7, 11) is 2.05. The maximum Gasteiger partial charge on any atom is 0.315 e. The van der Waals surface area contributed by atoms with Crippen molar-refractivity contribution in [3.05, 3.63) is 35.9 Å². The number of likely N-dealkylation sites (N-methyl/N-ethyl adjacent to an activating group) is 1. The lowest BCUT2D eigenvalue weighted by Gasteiger charge is -2.29. The Morgan fingerprint density at radius 2 is 2.00 bits per heavy atom. The largest absolute Gasteiger partial charge is 0.391 e.